The van der Waals surface area contributed by atoms with Gasteiger partial charge >= 0.3 is 0 Å². The highest BCUT2D eigenvalue weighted by molar-refractivity contribution is 7.80. The Morgan fingerprint density at radius 2 is 1.62 bits per heavy atom. The molecule has 4 aliphatic rings. The maximum absolute atomic E-state index is 6.11. The Balaban J connectivity index is 1.47. The van der Waals surface area contributed by atoms with Gasteiger partial charge in [-0.2, -0.15) is 0 Å². The molecule has 4 bridgehead atoms. The first-order valence-electron chi connectivity index (χ1n) is 9.99. The lowest BCUT2D eigenvalue weighted by Gasteiger charge is -2.59. The van der Waals surface area contributed by atoms with Crippen molar-refractivity contribution in [2.45, 2.75) is 64.3 Å². The Labute approximate surface area is 172 Å². The van der Waals surface area contributed by atoms with Gasteiger partial charge in [-0.15, -0.1) is 0 Å². The number of hydrogen-bond donors (Lipinski definition) is 2. The number of halogens is 2. The molecule has 0 amide bonds. The number of nitrogens with one attached hydrogen (secondary N) is 2. The van der Waals surface area contributed by atoms with Gasteiger partial charge in [-0.3, -0.25) is 0 Å². The van der Waals surface area contributed by atoms with Crippen molar-refractivity contribution in [3.63, 3.8) is 0 Å². The van der Waals surface area contributed by atoms with Gasteiger partial charge in [0, 0.05) is 21.8 Å². The third-order valence-electron chi connectivity index (χ3n) is 6.83. The summed E-state index contributed by atoms with van der Waals surface area (Å²) >= 11 is 17.9. The minimum absolute atomic E-state index is 0.447. The van der Waals surface area contributed by atoms with E-state index in [0.717, 1.165) is 23.4 Å². The summed E-state index contributed by atoms with van der Waals surface area (Å²) in [6, 6.07) is 5.93. The van der Waals surface area contributed by atoms with Crippen molar-refractivity contribution < 1.29 is 0 Å². The summed E-state index contributed by atoms with van der Waals surface area (Å²) in [5, 5.41) is 8.92. The molecule has 26 heavy (non-hydrogen) atoms. The second-order valence-electron chi connectivity index (χ2n) is 8.88. The van der Waals surface area contributed by atoms with Gasteiger partial charge in [-0.05, 0) is 98.5 Å². The minimum Gasteiger partial charge on any atom is -0.359 e. The molecule has 1 atom stereocenters. The molecule has 0 aliphatic heterocycles. The lowest BCUT2D eigenvalue weighted by molar-refractivity contribution is -0.0718. The molecule has 1 aromatic carbocycles. The number of rotatable bonds is 5. The van der Waals surface area contributed by atoms with Crippen LogP contribution in [0.2, 0.25) is 10.0 Å². The molecule has 1 unspecified atom stereocenters. The fourth-order valence-corrected chi connectivity index (χ4v) is 7.16. The van der Waals surface area contributed by atoms with Crippen LogP contribution in [-0.4, -0.2) is 11.2 Å². The highest BCUT2D eigenvalue weighted by Crippen LogP contribution is 2.61. The summed E-state index contributed by atoms with van der Waals surface area (Å²) in [4.78, 5) is 0. The zero-order valence-corrected chi connectivity index (χ0v) is 17.7. The number of hydrogen-bond acceptors (Lipinski definition) is 1. The lowest BCUT2D eigenvalue weighted by Crippen LogP contribution is -2.57. The molecule has 0 radical (unpaired) electrons. The van der Waals surface area contributed by atoms with Crippen LogP contribution in [0.4, 0.5) is 5.69 Å². The molecule has 4 aliphatic carbocycles. The van der Waals surface area contributed by atoms with E-state index in [1.807, 2.05) is 12.1 Å². The number of anilines is 1. The van der Waals surface area contributed by atoms with Gasteiger partial charge in [-0.25, -0.2) is 0 Å². The third kappa shape index (κ3) is 3.86. The first kappa shape index (κ1) is 18.8. The van der Waals surface area contributed by atoms with E-state index in [1.165, 1.54) is 51.4 Å². The molecule has 5 heteroatoms. The van der Waals surface area contributed by atoms with E-state index in [-0.39, 0.29) is 0 Å². The molecule has 1 aromatic rings. The molecule has 4 fully saturated rings. The highest BCUT2D eigenvalue weighted by atomic mass is 35.5. The maximum atomic E-state index is 6.11. The standard InChI is InChI=1S/C21H28Cl2N2S/c1-2-3-19(21-10-13-4-14(11-21)6-15(5-13)12-21)25-20(26)24-18-8-16(22)7-17(23)9-18/h7-9,13-15,19H,2-6,10-12H2,1H3,(H2,24,25,26). The van der Waals surface area contributed by atoms with Gasteiger partial charge < -0.3 is 10.6 Å². The second kappa shape index (κ2) is 7.48. The fraction of sp³-hybridized carbons (Fsp3) is 0.667. The number of thiocarbonyl (C=S) groups is 1. The van der Waals surface area contributed by atoms with Crippen LogP contribution < -0.4 is 10.6 Å². The summed E-state index contributed by atoms with van der Waals surface area (Å²) in [7, 11) is 0. The Kier molecular flexibility index (Phi) is 5.42. The van der Waals surface area contributed by atoms with Gasteiger partial charge in [0.2, 0.25) is 0 Å². The number of benzene rings is 1. The molecule has 0 spiro atoms. The van der Waals surface area contributed by atoms with Crippen LogP contribution in [0.25, 0.3) is 0 Å². The van der Waals surface area contributed by atoms with Crippen LogP contribution in [0.15, 0.2) is 18.2 Å². The largest absolute Gasteiger partial charge is 0.359 e. The van der Waals surface area contributed by atoms with E-state index >= 15 is 0 Å². The Morgan fingerprint density at radius 1 is 1.08 bits per heavy atom. The molecule has 0 heterocycles. The zero-order chi connectivity index (χ0) is 18.3. The molecule has 142 valence electrons. The van der Waals surface area contributed by atoms with Crippen molar-refractivity contribution >= 4 is 46.2 Å². The van der Waals surface area contributed by atoms with Gasteiger partial charge in [0.05, 0.1) is 0 Å². The van der Waals surface area contributed by atoms with Crippen LogP contribution >= 0.6 is 35.4 Å². The summed E-state index contributed by atoms with van der Waals surface area (Å²) in [6.45, 7) is 2.28. The average Bonchev–Trinajstić information content (AvgIpc) is 2.52. The van der Waals surface area contributed by atoms with E-state index < -0.39 is 0 Å². The van der Waals surface area contributed by atoms with Crippen molar-refractivity contribution in [1.82, 2.24) is 5.32 Å². The summed E-state index contributed by atoms with van der Waals surface area (Å²) in [6.07, 6.45) is 11.0. The molecule has 0 saturated heterocycles. The normalized spacial score (nSPS) is 33.1. The van der Waals surface area contributed by atoms with Crippen molar-refractivity contribution in [2.24, 2.45) is 23.2 Å². The molecule has 2 nitrogen and oxygen atoms in total. The zero-order valence-electron chi connectivity index (χ0n) is 15.4. The van der Waals surface area contributed by atoms with Crippen LogP contribution in [0.3, 0.4) is 0 Å². The van der Waals surface area contributed by atoms with E-state index in [2.05, 4.69) is 17.6 Å². The predicted molar refractivity (Wildman–Crippen MR) is 115 cm³/mol. The van der Waals surface area contributed by atoms with E-state index in [0.29, 0.717) is 26.6 Å². The van der Waals surface area contributed by atoms with Crippen LogP contribution in [0, 0.1) is 23.2 Å². The molecular weight excluding hydrogens is 383 g/mol. The van der Waals surface area contributed by atoms with Crippen LogP contribution in [-0.2, 0) is 0 Å². The molecular formula is C21H28Cl2N2S. The van der Waals surface area contributed by atoms with Crippen molar-refractivity contribution in [2.75, 3.05) is 5.32 Å². The van der Waals surface area contributed by atoms with E-state index in [9.17, 15) is 0 Å². The third-order valence-corrected chi connectivity index (χ3v) is 7.48. The smallest absolute Gasteiger partial charge is 0.171 e. The van der Waals surface area contributed by atoms with E-state index in [1.54, 1.807) is 6.07 Å². The quantitative estimate of drug-likeness (QED) is 0.530. The van der Waals surface area contributed by atoms with Gasteiger partial charge in [0.25, 0.3) is 0 Å². The summed E-state index contributed by atoms with van der Waals surface area (Å²) in [5.74, 6) is 2.86. The molecule has 0 aromatic heterocycles. The minimum atomic E-state index is 0.447. The van der Waals surface area contributed by atoms with Crippen molar-refractivity contribution in [3.8, 4) is 0 Å². The summed E-state index contributed by atoms with van der Waals surface area (Å²) < 4.78 is 0. The Hall–Kier alpha value is -0.510. The monoisotopic (exact) mass is 410 g/mol. The first-order chi connectivity index (χ1) is 12.5. The summed E-state index contributed by atoms with van der Waals surface area (Å²) in [5.41, 5.74) is 1.29. The van der Waals surface area contributed by atoms with Gasteiger partial charge in [0.1, 0.15) is 0 Å². The van der Waals surface area contributed by atoms with Crippen LogP contribution in [0.1, 0.15) is 58.3 Å². The van der Waals surface area contributed by atoms with Crippen LogP contribution in [0.5, 0.6) is 0 Å². The predicted octanol–water partition coefficient (Wildman–Crippen LogP) is 6.66. The average molecular weight is 411 g/mol. The second-order valence-corrected chi connectivity index (χ2v) is 10.2. The maximum Gasteiger partial charge on any atom is 0.171 e. The SMILES string of the molecule is CCCC(NC(=S)Nc1cc(Cl)cc(Cl)c1)C12CC3CC(CC(C3)C1)C2. The highest BCUT2D eigenvalue weighted by Gasteiger charge is 2.54. The van der Waals surface area contributed by atoms with Gasteiger partial charge in [-0.1, -0.05) is 36.5 Å². The van der Waals surface area contributed by atoms with E-state index in [4.69, 9.17) is 35.4 Å². The molecule has 4 saturated carbocycles. The molecule has 5 rings (SSSR count). The fourth-order valence-electron chi connectivity index (χ4n) is 6.38. The van der Waals surface area contributed by atoms with Crippen molar-refractivity contribution in [3.05, 3.63) is 28.2 Å². The van der Waals surface area contributed by atoms with Gasteiger partial charge in [0.15, 0.2) is 5.11 Å². The lowest BCUT2D eigenvalue weighted by atomic mass is 9.47. The molecule has 2 N–H and O–H groups in total. The topological polar surface area (TPSA) is 24.1 Å². The Bertz CT molecular complexity index is 635. The first-order valence-corrected chi connectivity index (χ1v) is 11.2. The Morgan fingerprint density at radius 3 is 2.12 bits per heavy atom. The van der Waals surface area contributed by atoms with Crippen molar-refractivity contribution in [1.29, 1.82) is 0 Å².